The van der Waals surface area contributed by atoms with Crippen molar-refractivity contribution in [3.8, 4) is 11.5 Å². The van der Waals surface area contributed by atoms with Crippen molar-refractivity contribution in [3.05, 3.63) is 59.7 Å². The molecule has 2 fully saturated rings. The molecule has 5 rings (SSSR count). The van der Waals surface area contributed by atoms with Crippen molar-refractivity contribution < 1.29 is 23.7 Å². The molecule has 1 amide bonds. The summed E-state index contributed by atoms with van der Waals surface area (Å²) < 4.78 is 24.9. The molecular formula is C30H39NO5. The van der Waals surface area contributed by atoms with Crippen molar-refractivity contribution in [1.82, 2.24) is 4.90 Å². The van der Waals surface area contributed by atoms with Crippen LogP contribution >= 0.6 is 0 Å². The number of methoxy groups -OCH3 is 1. The van der Waals surface area contributed by atoms with Gasteiger partial charge in [-0.1, -0.05) is 30.3 Å². The minimum atomic E-state index is -0.502. The predicted molar refractivity (Wildman–Crippen MR) is 138 cm³/mol. The van der Waals surface area contributed by atoms with Gasteiger partial charge in [-0.05, 0) is 77.1 Å². The summed E-state index contributed by atoms with van der Waals surface area (Å²) in [5.74, 6) is 2.12. The third-order valence-electron chi connectivity index (χ3n) is 7.96. The maximum Gasteiger partial charge on any atom is 0.410 e. The molecule has 0 radical (unpaired) electrons. The van der Waals surface area contributed by atoms with Crippen LogP contribution in [0, 0.1) is 11.8 Å². The van der Waals surface area contributed by atoms with Gasteiger partial charge < -0.3 is 23.8 Å². The number of likely N-dealkylation sites (tertiary alicyclic amines) is 1. The number of carbonyl (C=O) groups is 1. The average Bonchev–Trinajstić information content (AvgIpc) is 2.86. The van der Waals surface area contributed by atoms with Gasteiger partial charge in [0.25, 0.3) is 0 Å². The van der Waals surface area contributed by atoms with Gasteiger partial charge in [-0.25, -0.2) is 4.79 Å². The number of benzene rings is 2. The molecule has 2 saturated heterocycles. The lowest BCUT2D eigenvalue weighted by atomic mass is 9.68. The highest BCUT2D eigenvalue weighted by Crippen LogP contribution is 2.54. The van der Waals surface area contributed by atoms with Gasteiger partial charge in [-0.15, -0.1) is 0 Å². The fraction of sp³-hybridized carbons (Fsp3) is 0.567. The Labute approximate surface area is 214 Å². The zero-order valence-electron chi connectivity index (χ0n) is 22.2. The first-order valence-electron chi connectivity index (χ1n) is 13.2. The van der Waals surface area contributed by atoms with Crippen LogP contribution in [0.2, 0.25) is 0 Å². The molecule has 194 valence electrons. The molecular weight excluding hydrogens is 454 g/mol. The summed E-state index contributed by atoms with van der Waals surface area (Å²) in [6, 6.07) is 16.6. The maximum absolute atomic E-state index is 12.8. The average molecular weight is 494 g/mol. The fourth-order valence-corrected chi connectivity index (χ4v) is 6.07. The van der Waals surface area contributed by atoms with Crippen molar-refractivity contribution in [1.29, 1.82) is 0 Å². The summed E-state index contributed by atoms with van der Waals surface area (Å²) in [7, 11) is 1.69. The molecule has 0 unspecified atom stereocenters. The Bertz CT molecular complexity index is 1080. The SMILES string of the molecule is COc1ccc2c(c1)[C@@H]1O[C@@H]3CCN(C(=O)OC(C)(C)C)C[C@H]3C[C@H]1[C@](C)(CCc1ccccc1)O2. The zero-order chi connectivity index (χ0) is 25.5. The van der Waals surface area contributed by atoms with E-state index in [4.69, 9.17) is 18.9 Å². The molecule has 0 aromatic heterocycles. The van der Waals surface area contributed by atoms with Gasteiger partial charge >= 0.3 is 6.09 Å². The fourth-order valence-electron chi connectivity index (χ4n) is 6.07. The number of fused-ring (bicyclic) bond motifs is 4. The van der Waals surface area contributed by atoms with Crippen LogP contribution in [0.4, 0.5) is 4.79 Å². The molecule has 3 aliphatic rings. The van der Waals surface area contributed by atoms with Gasteiger partial charge in [-0.3, -0.25) is 0 Å². The molecule has 6 nitrogen and oxygen atoms in total. The summed E-state index contributed by atoms with van der Waals surface area (Å²) in [6.45, 7) is 9.28. The monoisotopic (exact) mass is 493 g/mol. The van der Waals surface area contributed by atoms with Gasteiger partial charge in [0, 0.05) is 30.5 Å². The summed E-state index contributed by atoms with van der Waals surface area (Å²) >= 11 is 0. The van der Waals surface area contributed by atoms with Gasteiger partial charge in [-0.2, -0.15) is 0 Å². The Kier molecular flexibility index (Phi) is 6.67. The first-order valence-corrected chi connectivity index (χ1v) is 13.2. The number of hydrogen-bond acceptors (Lipinski definition) is 5. The van der Waals surface area contributed by atoms with E-state index in [1.54, 1.807) is 7.11 Å². The third-order valence-corrected chi connectivity index (χ3v) is 7.96. The van der Waals surface area contributed by atoms with Gasteiger partial charge in [0.1, 0.15) is 22.7 Å². The van der Waals surface area contributed by atoms with E-state index in [0.717, 1.165) is 42.7 Å². The van der Waals surface area contributed by atoms with Crippen LogP contribution in [0.1, 0.15) is 64.2 Å². The van der Waals surface area contributed by atoms with E-state index in [9.17, 15) is 4.79 Å². The van der Waals surface area contributed by atoms with Crippen LogP contribution in [-0.2, 0) is 15.9 Å². The van der Waals surface area contributed by atoms with Crippen LogP contribution in [-0.4, -0.2) is 48.5 Å². The van der Waals surface area contributed by atoms with E-state index in [1.165, 1.54) is 5.56 Å². The second-order valence-corrected chi connectivity index (χ2v) is 11.7. The van der Waals surface area contributed by atoms with E-state index in [-0.39, 0.29) is 35.7 Å². The Morgan fingerprint density at radius 3 is 2.67 bits per heavy atom. The van der Waals surface area contributed by atoms with Crippen LogP contribution in [0.15, 0.2) is 48.5 Å². The molecule has 3 heterocycles. The van der Waals surface area contributed by atoms with E-state index in [2.05, 4.69) is 43.3 Å². The topological polar surface area (TPSA) is 57.2 Å². The smallest absolute Gasteiger partial charge is 0.410 e. The van der Waals surface area contributed by atoms with E-state index in [1.807, 2.05) is 37.8 Å². The Hall–Kier alpha value is -2.73. The van der Waals surface area contributed by atoms with Crippen LogP contribution in [0.25, 0.3) is 0 Å². The third kappa shape index (κ3) is 5.06. The van der Waals surface area contributed by atoms with Crippen LogP contribution in [0.3, 0.4) is 0 Å². The minimum Gasteiger partial charge on any atom is -0.497 e. The predicted octanol–water partition coefficient (Wildman–Crippen LogP) is 6.18. The zero-order valence-corrected chi connectivity index (χ0v) is 22.2. The molecule has 0 N–H and O–H groups in total. The minimum absolute atomic E-state index is 0.0565. The highest BCUT2D eigenvalue weighted by molar-refractivity contribution is 5.68. The van der Waals surface area contributed by atoms with Crippen molar-refractivity contribution in [2.75, 3.05) is 20.2 Å². The van der Waals surface area contributed by atoms with Crippen molar-refractivity contribution in [3.63, 3.8) is 0 Å². The van der Waals surface area contributed by atoms with Crippen molar-refractivity contribution in [2.45, 2.75) is 76.8 Å². The van der Waals surface area contributed by atoms with Gasteiger partial charge in [0.05, 0.1) is 19.3 Å². The Morgan fingerprint density at radius 1 is 1.17 bits per heavy atom. The Morgan fingerprint density at radius 2 is 1.94 bits per heavy atom. The lowest BCUT2D eigenvalue weighted by Gasteiger charge is -2.54. The highest BCUT2D eigenvalue weighted by Gasteiger charge is 2.53. The summed E-state index contributed by atoms with van der Waals surface area (Å²) in [5.41, 5.74) is 1.49. The first kappa shape index (κ1) is 24.9. The maximum atomic E-state index is 12.8. The second kappa shape index (κ2) is 9.62. The molecule has 0 spiro atoms. The first-order chi connectivity index (χ1) is 17.1. The number of nitrogens with zero attached hydrogens (tertiary/aromatic N) is 1. The van der Waals surface area contributed by atoms with E-state index < -0.39 is 5.60 Å². The molecule has 2 aromatic rings. The lowest BCUT2D eigenvalue weighted by molar-refractivity contribution is -0.191. The number of amides is 1. The number of piperidine rings is 1. The largest absolute Gasteiger partial charge is 0.497 e. The van der Waals surface area contributed by atoms with Gasteiger partial charge in [0.15, 0.2) is 0 Å². The van der Waals surface area contributed by atoms with Crippen LogP contribution in [0.5, 0.6) is 11.5 Å². The Balaban J connectivity index is 1.41. The van der Waals surface area contributed by atoms with E-state index >= 15 is 0 Å². The lowest BCUT2D eigenvalue weighted by Crippen LogP contribution is -2.57. The number of ether oxygens (including phenoxy) is 4. The standard InChI is InChI=1S/C30H39NO5/c1-29(2,3)36-28(32)31-16-14-25-21(19-31)17-24-27(34-25)23-18-22(33-5)11-12-26(23)35-30(24,4)15-13-20-9-7-6-8-10-20/h6-12,18,21,24-25,27H,13-17,19H2,1-5H3/t21-,24-,25-,27+,30+/m1/s1. The summed E-state index contributed by atoms with van der Waals surface area (Å²) in [6.07, 6.45) is 3.40. The molecule has 36 heavy (non-hydrogen) atoms. The molecule has 0 aliphatic carbocycles. The number of rotatable bonds is 4. The van der Waals surface area contributed by atoms with Gasteiger partial charge in [0.2, 0.25) is 0 Å². The normalized spacial score (nSPS) is 29.3. The van der Waals surface area contributed by atoms with E-state index in [0.29, 0.717) is 13.1 Å². The quantitative estimate of drug-likeness (QED) is 0.509. The number of carbonyl (C=O) groups excluding carboxylic acids is 1. The number of aryl methyl sites for hydroxylation is 1. The number of hydrogen-bond donors (Lipinski definition) is 0. The highest BCUT2D eigenvalue weighted by atomic mass is 16.6. The summed E-state index contributed by atoms with van der Waals surface area (Å²) in [5, 5.41) is 0. The van der Waals surface area contributed by atoms with Crippen molar-refractivity contribution >= 4 is 6.09 Å². The molecule has 5 atom stereocenters. The molecule has 0 bridgehead atoms. The van der Waals surface area contributed by atoms with Crippen LogP contribution < -0.4 is 9.47 Å². The van der Waals surface area contributed by atoms with Crippen molar-refractivity contribution in [2.24, 2.45) is 11.8 Å². The molecule has 3 aliphatic heterocycles. The molecule has 2 aromatic carbocycles. The summed E-state index contributed by atoms with van der Waals surface area (Å²) in [4.78, 5) is 14.7. The molecule has 6 heteroatoms. The molecule has 0 saturated carbocycles. The second-order valence-electron chi connectivity index (χ2n) is 11.7.